The number of thiocarbonyl (C=S) groups is 1. The number of aryl methyl sites for hydroxylation is 1. The van der Waals surface area contributed by atoms with E-state index in [4.69, 9.17) is 12.2 Å². The molecule has 0 saturated heterocycles. The van der Waals surface area contributed by atoms with E-state index in [9.17, 15) is 4.79 Å². The number of benzene rings is 2. The summed E-state index contributed by atoms with van der Waals surface area (Å²) in [7, 11) is 0. The monoisotopic (exact) mass is 548 g/mol. The Bertz CT molecular complexity index is 1220. The van der Waals surface area contributed by atoms with E-state index in [1.54, 1.807) is 10.6 Å². The highest BCUT2D eigenvalue weighted by atomic mass is 127. The van der Waals surface area contributed by atoms with E-state index in [2.05, 4.69) is 48.5 Å². The number of nitrogens with one attached hydrogen (secondary N) is 2. The number of hydrogen-bond acceptors (Lipinski definition) is 6. The van der Waals surface area contributed by atoms with Gasteiger partial charge in [-0.3, -0.25) is 10.1 Å². The van der Waals surface area contributed by atoms with Crippen LogP contribution in [-0.2, 0) is 13.0 Å². The van der Waals surface area contributed by atoms with Gasteiger partial charge in [-0.1, -0.05) is 48.6 Å². The summed E-state index contributed by atoms with van der Waals surface area (Å²) in [6, 6.07) is 15.4. The standard InChI is InChI=1S/C20H17IN6OS2/c1-2-16-24-25-20-27(16)26-18(30-20)13-8-6-12(7-9-13)11-22-19(29)23-17(28)14-4-3-5-15(21)10-14/h3-10H,2,11H2,1H3,(H2,22,23,28,29). The molecule has 0 aliphatic heterocycles. The highest BCUT2D eigenvalue weighted by molar-refractivity contribution is 14.1. The van der Waals surface area contributed by atoms with Gasteiger partial charge in [0.25, 0.3) is 5.91 Å². The highest BCUT2D eigenvalue weighted by Crippen LogP contribution is 2.25. The third-order valence-electron chi connectivity index (χ3n) is 4.34. The number of carbonyl (C=O) groups is 1. The number of halogens is 1. The van der Waals surface area contributed by atoms with Gasteiger partial charge in [-0.15, -0.1) is 10.2 Å². The quantitative estimate of drug-likeness (QED) is 0.292. The van der Waals surface area contributed by atoms with E-state index >= 15 is 0 Å². The SMILES string of the molecule is CCc1nnc2sc(-c3ccc(CNC(=S)NC(=O)c4cccc(I)c4)cc3)nn12. The van der Waals surface area contributed by atoms with Crippen LogP contribution in [0.5, 0.6) is 0 Å². The highest BCUT2D eigenvalue weighted by Gasteiger charge is 2.12. The molecule has 0 saturated carbocycles. The van der Waals surface area contributed by atoms with Gasteiger partial charge in [0.15, 0.2) is 10.9 Å². The molecule has 7 nitrogen and oxygen atoms in total. The maximum atomic E-state index is 12.3. The van der Waals surface area contributed by atoms with Crippen molar-refractivity contribution in [1.29, 1.82) is 0 Å². The second-order valence-electron chi connectivity index (χ2n) is 6.42. The third kappa shape index (κ3) is 4.65. The van der Waals surface area contributed by atoms with E-state index in [0.29, 0.717) is 17.2 Å². The van der Waals surface area contributed by atoms with Crippen LogP contribution in [0.25, 0.3) is 15.5 Å². The molecule has 0 aliphatic rings. The molecule has 0 fully saturated rings. The fourth-order valence-electron chi connectivity index (χ4n) is 2.79. The lowest BCUT2D eigenvalue weighted by molar-refractivity contribution is 0.0976. The fourth-order valence-corrected chi connectivity index (χ4v) is 4.36. The zero-order valence-electron chi connectivity index (χ0n) is 15.9. The topological polar surface area (TPSA) is 84.2 Å². The van der Waals surface area contributed by atoms with E-state index in [1.165, 1.54) is 11.3 Å². The molecule has 152 valence electrons. The molecule has 0 unspecified atom stereocenters. The molecule has 0 spiro atoms. The Hall–Kier alpha value is -2.44. The Morgan fingerprint density at radius 1 is 1.20 bits per heavy atom. The lowest BCUT2D eigenvalue weighted by atomic mass is 10.1. The van der Waals surface area contributed by atoms with Gasteiger partial charge in [0.05, 0.1) is 0 Å². The number of carbonyl (C=O) groups excluding carboxylic acids is 1. The van der Waals surface area contributed by atoms with Crippen molar-refractivity contribution in [2.45, 2.75) is 19.9 Å². The van der Waals surface area contributed by atoms with Crippen LogP contribution in [0.2, 0.25) is 0 Å². The second kappa shape index (κ2) is 9.14. The van der Waals surface area contributed by atoms with E-state index in [1.807, 2.05) is 49.4 Å². The number of hydrogen-bond donors (Lipinski definition) is 2. The van der Waals surface area contributed by atoms with E-state index in [-0.39, 0.29) is 5.91 Å². The first-order valence-electron chi connectivity index (χ1n) is 9.18. The Labute approximate surface area is 196 Å². The first kappa shape index (κ1) is 20.8. The number of fused-ring (bicyclic) bond motifs is 1. The minimum absolute atomic E-state index is 0.226. The Morgan fingerprint density at radius 2 is 2.00 bits per heavy atom. The lowest BCUT2D eigenvalue weighted by Crippen LogP contribution is -2.38. The molecule has 1 amide bonds. The number of rotatable bonds is 5. The van der Waals surface area contributed by atoms with Gasteiger partial charge in [-0.05, 0) is 58.6 Å². The second-order valence-corrected chi connectivity index (χ2v) is 9.03. The Balaban J connectivity index is 1.35. The van der Waals surface area contributed by atoms with Crippen molar-refractivity contribution in [3.05, 3.63) is 69.1 Å². The molecular weight excluding hydrogens is 531 g/mol. The van der Waals surface area contributed by atoms with Crippen LogP contribution >= 0.6 is 46.1 Å². The summed E-state index contributed by atoms with van der Waals surface area (Å²) in [5.41, 5.74) is 2.64. The lowest BCUT2D eigenvalue weighted by Gasteiger charge is -2.10. The smallest absolute Gasteiger partial charge is 0.257 e. The minimum Gasteiger partial charge on any atom is -0.358 e. The zero-order chi connectivity index (χ0) is 21.1. The largest absolute Gasteiger partial charge is 0.358 e. The van der Waals surface area contributed by atoms with Crippen molar-refractivity contribution < 1.29 is 4.79 Å². The van der Waals surface area contributed by atoms with Gasteiger partial charge in [-0.25, -0.2) is 0 Å². The van der Waals surface area contributed by atoms with Crippen molar-refractivity contribution in [2.24, 2.45) is 0 Å². The molecule has 2 N–H and O–H groups in total. The maximum absolute atomic E-state index is 12.3. The van der Waals surface area contributed by atoms with Crippen molar-refractivity contribution in [2.75, 3.05) is 0 Å². The van der Waals surface area contributed by atoms with Crippen molar-refractivity contribution >= 4 is 62.1 Å². The normalized spacial score (nSPS) is 10.9. The number of amides is 1. The summed E-state index contributed by atoms with van der Waals surface area (Å²) in [5.74, 6) is 0.630. The Kier molecular flexibility index (Phi) is 6.35. The third-order valence-corrected chi connectivity index (χ3v) is 6.20. The van der Waals surface area contributed by atoms with Crippen LogP contribution in [0.1, 0.15) is 28.7 Å². The van der Waals surface area contributed by atoms with Gasteiger partial charge >= 0.3 is 0 Å². The first-order chi connectivity index (χ1) is 14.5. The van der Waals surface area contributed by atoms with Gasteiger partial charge in [0.2, 0.25) is 4.96 Å². The van der Waals surface area contributed by atoms with E-state index in [0.717, 1.165) is 36.9 Å². The van der Waals surface area contributed by atoms with Crippen molar-refractivity contribution in [3.8, 4) is 10.6 Å². The molecule has 10 heteroatoms. The fraction of sp³-hybridized carbons (Fsp3) is 0.150. The number of nitrogens with zero attached hydrogens (tertiary/aromatic N) is 4. The summed E-state index contributed by atoms with van der Waals surface area (Å²) in [4.78, 5) is 13.1. The molecule has 4 aromatic rings. The summed E-state index contributed by atoms with van der Waals surface area (Å²) < 4.78 is 2.79. The molecule has 0 aliphatic carbocycles. The first-order valence-corrected chi connectivity index (χ1v) is 11.5. The van der Waals surface area contributed by atoms with Crippen molar-refractivity contribution in [3.63, 3.8) is 0 Å². The molecule has 2 heterocycles. The summed E-state index contributed by atoms with van der Waals surface area (Å²) in [5, 5.41) is 19.9. The number of aromatic nitrogens is 4. The van der Waals surface area contributed by atoms with Crippen LogP contribution in [0.15, 0.2) is 48.5 Å². The summed E-state index contributed by atoms with van der Waals surface area (Å²) in [6.45, 7) is 2.54. The molecule has 30 heavy (non-hydrogen) atoms. The molecule has 4 rings (SSSR count). The van der Waals surface area contributed by atoms with Gasteiger partial charge in [-0.2, -0.15) is 9.61 Å². The summed E-state index contributed by atoms with van der Waals surface area (Å²) >= 11 is 8.93. The van der Waals surface area contributed by atoms with Gasteiger partial charge < -0.3 is 5.32 Å². The average molecular weight is 548 g/mol. The molecule has 2 aromatic carbocycles. The zero-order valence-corrected chi connectivity index (χ0v) is 19.7. The Morgan fingerprint density at radius 3 is 2.73 bits per heavy atom. The maximum Gasteiger partial charge on any atom is 0.257 e. The molecular formula is C20H17IN6OS2. The molecule has 0 bridgehead atoms. The van der Waals surface area contributed by atoms with Crippen LogP contribution in [0.4, 0.5) is 0 Å². The van der Waals surface area contributed by atoms with Crippen molar-refractivity contribution in [1.82, 2.24) is 30.4 Å². The van der Waals surface area contributed by atoms with Crippen LogP contribution in [-0.4, -0.2) is 30.8 Å². The van der Waals surface area contributed by atoms with Crippen LogP contribution in [0, 0.1) is 3.57 Å². The van der Waals surface area contributed by atoms with E-state index < -0.39 is 0 Å². The predicted octanol–water partition coefficient (Wildman–Crippen LogP) is 3.82. The van der Waals surface area contributed by atoms with Crippen LogP contribution < -0.4 is 10.6 Å². The molecule has 2 aromatic heterocycles. The van der Waals surface area contributed by atoms with Gasteiger partial charge in [0, 0.05) is 27.7 Å². The summed E-state index contributed by atoms with van der Waals surface area (Å²) in [6.07, 6.45) is 0.787. The minimum atomic E-state index is -0.226. The van der Waals surface area contributed by atoms with Crippen LogP contribution in [0.3, 0.4) is 0 Å². The predicted molar refractivity (Wildman–Crippen MR) is 130 cm³/mol. The van der Waals surface area contributed by atoms with Gasteiger partial charge in [0.1, 0.15) is 5.01 Å². The molecule has 0 atom stereocenters. The molecule has 0 radical (unpaired) electrons. The average Bonchev–Trinajstić information content (AvgIpc) is 3.33.